The maximum absolute atomic E-state index is 12.7. The van der Waals surface area contributed by atoms with Crippen LogP contribution in [-0.2, 0) is 10.5 Å². The van der Waals surface area contributed by atoms with E-state index in [1.54, 1.807) is 12.1 Å². The molecule has 2 aromatic carbocycles. The number of nitrogens with zero attached hydrogens (tertiary/aromatic N) is 1. The Morgan fingerprint density at radius 3 is 2.57 bits per heavy atom. The Bertz CT molecular complexity index is 1230. The van der Waals surface area contributed by atoms with E-state index in [4.69, 9.17) is 4.74 Å². The number of fused-ring (bicyclic) bond motifs is 1. The lowest BCUT2D eigenvalue weighted by Crippen LogP contribution is -2.11. The zero-order chi connectivity index (χ0) is 21.1. The van der Waals surface area contributed by atoms with Gasteiger partial charge in [0.15, 0.2) is 5.16 Å². The first-order valence-corrected chi connectivity index (χ1v) is 11.4. The van der Waals surface area contributed by atoms with Crippen LogP contribution in [0.15, 0.2) is 69.9 Å². The molecule has 2 heterocycles. The quantitative estimate of drug-likeness (QED) is 0.245. The second kappa shape index (κ2) is 8.85. The van der Waals surface area contributed by atoms with Crippen LogP contribution in [0.3, 0.4) is 0 Å². The van der Waals surface area contributed by atoms with Gasteiger partial charge >= 0.3 is 5.97 Å². The number of aromatic nitrogens is 2. The van der Waals surface area contributed by atoms with E-state index in [2.05, 4.69) is 9.97 Å². The number of esters is 1. The summed E-state index contributed by atoms with van der Waals surface area (Å²) in [5, 5.41) is 3.19. The highest BCUT2D eigenvalue weighted by Gasteiger charge is 2.13. The molecule has 0 amide bonds. The summed E-state index contributed by atoms with van der Waals surface area (Å²) in [6, 6.07) is 17.1. The van der Waals surface area contributed by atoms with E-state index in [0.717, 1.165) is 21.5 Å². The summed E-state index contributed by atoms with van der Waals surface area (Å²) in [5.74, 6) is 0.304. The number of H-pyrrole nitrogens is 1. The molecule has 1 N–H and O–H groups in total. The first-order valence-electron chi connectivity index (χ1n) is 9.51. The Balaban J connectivity index is 1.50. The second-order valence-corrected chi connectivity index (χ2v) is 8.83. The third-order valence-electron chi connectivity index (χ3n) is 4.41. The van der Waals surface area contributed by atoms with Crippen molar-refractivity contribution in [3.8, 4) is 11.1 Å². The molecule has 0 saturated heterocycles. The summed E-state index contributed by atoms with van der Waals surface area (Å²) in [6.45, 7) is 3.65. The molecule has 7 heteroatoms. The highest BCUT2D eigenvalue weighted by molar-refractivity contribution is 7.98. The number of nitrogens with one attached hydrogen (secondary N) is 1. The zero-order valence-corrected chi connectivity index (χ0v) is 18.2. The Kier molecular flexibility index (Phi) is 6.01. The van der Waals surface area contributed by atoms with E-state index in [0.29, 0.717) is 21.9 Å². The first-order chi connectivity index (χ1) is 14.5. The number of rotatable bonds is 6. The van der Waals surface area contributed by atoms with Crippen LogP contribution in [0.25, 0.3) is 21.3 Å². The highest BCUT2D eigenvalue weighted by atomic mass is 32.2. The van der Waals surface area contributed by atoms with E-state index in [9.17, 15) is 9.59 Å². The monoisotopic (exact) mass is 436 g/mol. The number of hydrogen-bond donors (Lipinski definition) is 1. The second-order valence-electron chi connectivity index (χ2n) is 7.01. The lowest BCUT2D eigenvalue weighted by Gasteiger charge is -2.08. The lowest BCUT2D eigenvalue weighted by molar-refractivity contribution is 0.0378. The van der Waals surface area contributed by atoms with Crippen molar-refractivity contribution in [1.82, 2.24) is 9.97 Å². The molecule has 0 atom stereocenters. The highest BCUT2D eigenvalue weighted by Crippen LogP contribution is 2.31. The average Bonchev–Trinajstić information content (AvgIpc) is 3.17. The van der Waals surface area contributed by atoms with E-state index < -0.39 is 0 Å². The van der Waals surface area contributed by atoms with E-state index >= 15 is 0 Å². The number of ether oxygens (including phenoxy) is 1. The zero-order valence-electron chi connectivity index (χ0n) is 16.5. The molecule has 0 fully saturated rings. The van der Waals surface area contributed by atoms with E-state index in [1.165, 1.54) is 23.1 Å². The van der Waals surface area contributed by atoms with Crippen LogP contribution in [-0.4, -0.2) is 22.0 Å². The summed E-state index contributed by atoms with van der Waals surface area (Å²) < 4.78 is 5.20. The van der Waals surface area contributed by atoms with Gasteiger partial charge in [-0.2, -0.15) is 0 Å². The molecule has 0 spiro atoms. The lowest BCUT2D eigenvalue weighted by atomic mass is 10.1. The summed E-state index contributed by atoms with van der Waals surface area (Å²) in [6.07, 6.45) is -0.148. The molecule has 0 aliphatic carbocycles. The maximum Gasteiger partial charge on any atom is 0.338 e. The predicted molar refractivity (Wildman–Crippen MR) is 122 cm³/mol. The molecule has 0 aliphatic heterocycles. The number of thioether (sulfide) groups is 1. The molecule has 4 rings (SSSR count). The third-order valence-corrected chi connectivity index (χ3v) is 6.23. The van der Waals surface area contributed by atoms with Gasteiger partial charge in [0, 0.05) is 16.7 Å². The van der Waals surface area contributed by atoms with E-state index in [-0.39, 0.29) is 17.6 Å². The van der Waals surface area contributed by atoms with Crippen molar-refractivity contribution in [3.05, 3.63) is 81.5 Å². The molecule has 2 aromatic heterocycles. The van der Waals surface area contributed by atoms with Crippen molar-refractivity contribution >= 4 is 39.3 Å². The first kappa shape index (κ1) is 20.4. The maximum atomic E-state index is 12.7. The molecule has 152 valence electrons. The molecule has 0 bridgehead atoms. The van der Waals surface area contributed by atoms with Crippen LogP contribution < -0.4 is 5.56 Å². The fourth-order valence-electron chi connectivity index (χ4n) is 3.00. The molecule has 30 heavy (non-hydrogen) atoms. The summed E-state index contributed by atoms with van der Waals surface area (Å²) in [5.41, 5.74) is 3.34. The fourth-order valence-corrected chi connectivity index (χ4v) is 4.82. The molecule has 0 unspecified atom stereocenters. The van der Waals surface area contributed by atoms with Gasteiger partial charge in [-0.1, -0.05) is 54.2 Å². The topological polar surface area (TPSA) is 72.0 Å². The molecule has 0 radical (unpaired) electrons. The van der Waals surface area contributed by atoms with Gasteiger partial charge in [0.1, 0.15) is 4.83 Å². The average molecular weight is 437 g/mol. The molecule has 5 nitrogen and oxygen atoms in total. The van der Waals surface area contributed by atoms with Gasteiger partial charge in [0.2, 0.25) is 0 Å². The summed E-state index contributed by atoms with van der Waals surface area (Å²) >= 11 is 2.93. The standard InChI is InChI=1S/C23H20N2O3S2/c1-14(2)28-22(27)17-10-8-15(9-11-17)12-30-23-24-20(26)19-18(13-29-21(19)25-23)16-6-4-3-5-7-16/h3-11,13-14H,12H2,1-2H3,(H,24,25,26). The van der Waals surface area contributed by atoms with Gasteiger partial charge in [-0.3, -0.25) is 4.79 Å². The normalized spacial score (nSPS) is 11.2. The molecule has 0 aliphatic rings. The van der Waals surface area contributed by atoms with Gasteiger partial charge in [0.25, 0.3) is 5.56 Å². The number of carbonyl (C=O) groups is 1. The third kappa shape index (κ3) is 4.47. The Morgan fingerprint density at radius 2 is 1.87 bits per heavy atom. The summed E-state index contributed by atoms with van der Waals surface area (Å²) in [4.78, 5) is 32.9. The minimum atomic E-state index is -0.326. The number of aromatic amines is 1. The van der Waals surface area contributed by atoms with Crippen molar-refractivity contribution < 1.29 is 9.53 Å². The van der Waals surface area contributed by atoms with Crippen LogP contribution in [0, 0.1) is 0 Å². The van der Waals surface area contributed by atoms with Gasteiger partial charge in [-0.25, -0.2) is 9.78 Å². The minimum absolute atomic E-state index is 0.130. The van der Waals surface area contributed by atoms with Crippen molar-refractivity contribution in [2.45, 2.75) is 30.9 Å². The molecular formula is C23H20N2O3S2. The SMILES string of the molecule is CC(C)OC(=O)c1ccc(CSc2nc3scc(-c4ccccc4)c3c(=O)[nH]2)cc1. The Morgan fingerprint density at radius 1 is 1.13 bits per heavy atom. The van der Waals surface area contributed by atoms with Crippen LogP contribution in [0.5, 0.6) is 0 Å². The van der Waals surface area contributed by atoms with Gasteiger partial charge in [-0.15, -0.1) is 11.3 Å². The van der Waals surface area contributed by atoms with Crippen molar-refractivity contribution in [2.24, 2.45) is 0 Å². The Labute approximate surface area is 182 Å². The number of benzene rings is 2. The van der Waals surface area contributed by atoms with Crippen LogP contribution in [0.2, 0.25) is 0 Å². The molecule has 4 aromatic rings. The number of hydrogen-bond acceptors (Lipinski definition) is 6. The van der Waals surface area contributed by atoms with Crippen LogP contribution in [0.1, 0.15) is 29.8 Å². The van der Waals surface area contributed by atoms with Crippen molar-refractivity contribution in [2.75, 3.05) is 0 Å². The Hall–Kier alpha value is -2.90. The van der Waals surface area contributed by atoms with Crippen molar-refractivity contribution in [3.63, 3.8) is 0 Å². The van der Waals surface area contributed by atoms with Gasteiger partial charge in [-0.05, 0) is 37.1 Å². The number of thiophene rings is 1. The number of carbonyl (C=O) groups excluding carboxylic acids is 1. The van der Waals surface area contributed by atoms with E-state index in [1.807, 2.05) is 61.7 Å². The molecule has 0 saturated carbocycles. The van der Waals surface area contributed by atoms with Crippen LogP contribution in [0.4, 0.5) is 0 Å². The minimum Gasteiger partial charge on any atom is -0.459 e. The fraction of sp³-hybridized carbons (Fsp3) is 0.174. The van der Waals surface area contributed by atoms with Gasteiger partial charge < -0.3 is 9.72 Å². The summed E-state index contributed by atoms with van der Waals surface area (Å²) in [7, 11) is 0. The largest absolute Gasteiger partial charge is 0.459 e. The van der Waals surface area contributed by atoms with Crippen molar-refractivity contribution in [1.29, 1.82) is 0 Å². The van der Waals surface area contributed by atoms with Gasteiger partial charge in [0.05, 0.1) is 17.1 Å². The van der Waals surface area contributed by atoms with Crippen LogP contribution >= 0.6 is 23.1 Å². The molecular weight excluding hydrogens is 416 g/mol. The smallest absolute Gasteiger partial charge is 0.338 e. The predicted octanol–water partition coefficient (Wildman–Crippen LogP) is 5.51.